The zero-order valence-corrected chi connectivity index (χ0v) is 10.6. The molecule has 1 saturated heterocycles. The molecular weight excluding hydrogens is 242 g/mol. The van der Waals surface area contributed by atoms with E-state index >= 15 is 0 Å². The molecule has 3 heterocycles. The number of aromatic amines is 1. The van der Waals surface area contributed by atoms with Crippen LogP contribution < -0.4 is 16.4 Å². The number of amides is 1. The van der Waals surface area contributed by atoms with Crippen LogP contribution in [-0.2, 0) is 0 Å². The summed E-state index contributed by atoms with van der Waals surface area (Å²) in [6, 6.07) is 2.28. The molecule has 2 aromatic rings. The Morgan fingerprint density at radius 3 is 2.95 bits per heavy atom. The van der Waals surface area contributed by atoms with Gasteiger partial charge in [-0.25, -0.2) is 4.98 Å². The molecule has 0 bridgehead atoms. The van der Waals surface area contributed by atoms with Crippen LogP contribution in [0.1, 0.15) is 23.2 Å². The summed E-state index contributed by atoms with van der Waals surface area (Å²) in [5.41, 5.74) is 7.45. The van der Waals surface area contributed by atoms with Gasteiger partial charge in [0.15, 0.2) is 0 Å². The third kappa shape index (κ3) is 2.26. The normalized spacial score (nSPS) is 16.6. The molecule has 0 saturated carbocycles. The molecule has 3 rings (SSSR count). The van der Waals surface area contributed by atoms with E-state index in [0.29, 0.717) is 11.6 Å². The van der Waals surface area contributed by atoms with E-state index in [-0.39, 0.29) is 0 Å². The van der Waals surface area contributed by atoms with Crippen LogP contribution in [0.2, 0.25) is 0 Å². The zero-order chi connectivity index (χ0) is 13.2. The Hall–Kier alpha value is -2.08. The van der Waals surface area contributed by atoms with Crippen LogP contribution in [0.15, 0.2) is 18.5 Å². The summed E-state index contributed by atoms with van der Waals surface area (Å²) in [5, 5.41) is 7.69. The van der Waals surface area contributed by atoms with Crippen LogP contribution in [-0.4, -0.2) is 35.0 Å². The highest BCUT2D eigenvalue weighted by Crippen LogP contribution is 2.27. The fourth-order valence-corrected chi connectivity index (χ4v) is 2.52. The Kier molecular flexibility index (Phi) is 3.08. The average molecular weight is 259 g/mol. The maximum Gasteiger partial charge on any atom is 0.252 e. The minimum atomic E-state index is -0.452. The largest absolute Gasteiger partial charge is 0.381 e. The lowest BCUT2D eigenvalue weighted by Gasteiger charge is -2.25. The van der Waals surface area contributed by atoms with Crippen molar-refractivity contribution in [3.05, 3.63) is 24.0 Å². The van der Waals surface area contributed by atoms with Crippen molar-refractivity contribution in [2.24, 2.45) is 5.73 Å². The molecule has 6 heteroatoms. The molecule has 100 valence electrons. The number of nitrogens with one attached hydrogen (secondary N) is 3. The number of anilines is 1. The lowest BCUT2D eigenvalue weighted by atomic mass is 10.0. The van der Waals surface area contributed by atoms with Gasteiger partial charge in [0, 0.05) is 23.8 Å². The fourth-order valence-electron chi connectivity index (χ4n) is 2.52. The topological polar surface area (TPSA) is 95.8 Å². The van der Waals surface area contributed by atoms with Crippen LogP contribution in [0, 0.1) is 0 Å². The van der Waals surface area contributed by atoms with E-state index in [1.54, 1.807) is 0 Å². The van der Waals surface area contributed by atoms with Crippen molar-refractivity contribution in [1.29, 1.82) is 0 Å². The average Bonchev–Trinajstić information content (AvgIpc) is 2.88. The molecule has 6 nitrogen and oxygen atoms in total. The van der Waals surface area contributed by atoms with E-state index in [0.717, 1.165) is 42.7 Å². The third-order valence-corrected chi connectivity index (χ3v) is 3.54. The number of primary amides is 1. The van der Waals surface area contributed by atoms with Gasteiger partial charge in [-0.1, -0.05) is 0 Å². The van der Waals surface area contributed by atoms with E-state index in [2.05, 4.69) is 20.6 Å². The lowest BCUT2D eigenvalue weighted by molar-refractivity contribution is 0.100. The van der Waals surface area contributed by atoms with Crippen molar-refractivity contribution in [2.75, 3.05) is 18.4 Å². The van der Waals surface area contributed by atoms with Gasteiger partial charge in [0.05, 0.1) is 11.3 Å². The van der Waals surface area contributed by atoms with E-state index in [1.165, 1.54) is 6.20 Å². The quantitative estimate of drug-likeness (QED) is 0.656. The Bertz CT molecular complexity index is 600. The second kappa shape index (κ2) is 4.89. The summed E-state index contributed by atoms with van der Waals surface area (Å²) < 4.78 is 0. The van der Waals surface area contributed by atoms with Crippen molar-refractivity contribution in [3.63, 3.8) is 0 Å². The smallest absolute Gasteiger partial charge is 0.252 e. The fraction of sp³-hybridized carbons (Fsp3) is 0.385. The van der Waals surface area contributed by atoms with Crippen LogP contribution in [0.4, 0.5) is 5.69 Å². The number of nitrogens with two attached hydrogens (primary N) is 1. The number of piperidine rings is 1. The Labute approximate surface area is 110 Å². The predicted octanol–water partition coefficient (Wildman–Crippen LogP) is 0.826. The zero-order valence-electron chi connectivity index (χ0n) is 10.6. The van der Waals surface area contributed by atoms with Gasteiger partial charge in [-0.15, -0.1) is 0 Å². The van der Waals surface area contributed by atoms with Crippen molar-refractivity contribution in [3.8, 4) is 0 Å². The first-order valence-corrected chi connectivity index (χ1v) is 6.49. The van der Waals surface area contributed by atoms with Gasteiger partial charge in [0.1, 0.15) is 5.65 Å². The van der Waals surface area contributed by atoms with Crippen LogP contribution in [0.5, 0.6) is 0 Å². The molecule has 5 N–H and O–H groups in total. The molecule has 19 heavy (non-hydrogen) atoms. The van der Waals surface area contributed by atoms with Gasteiger partial charge in [-0.3, -0.25) is 4.79 Å². The van der Waals surface area contributed by atoms with Gasteiger partial charge < -0.3 is 21.4 Å². The summed E-state index contributed by atoms with van der Waals surface area (Å²) >= 11 is 0. The molecule has 0 unspecified atom stereocenters. The van der Waals surface area contributed by atoms with Gasteiger partial charge in [0.25, 0.3) is 5.91 Å². The maximum atomic E-state index is 11.5. The highest BCUT2D eigenvalue weighted by Gasteiger charge is 2.18. The third-order valence-electron chi connectivity index (χ3n) is 3.54. The molecule has 2 aromatic heterocycles. The minimum absolute atomic E-state index is 0.361. The molecule has 1 aliphatic rings. The van der Waals surface area contributed by atoms with Gasteiger partial charge in [-0.2, -0.15) is 0 Å². The van der Waals surface area contributed by atoms with E-state index in [9.17, 15) is 4.79 Å². The maximum absolute atomic E-state index is 11.5. The van der Waals surface area contributed by atoms with Gasteiger partial charge in [-0.05, 0) is 32.0 Å². The number of hydrogen-bond donors (Lipinski definition) is 4. The Balaban J connectivity index is 2.00. The van der Waals surface area contributed by atoms with Crippen molar-refractivity contribution < 1.29 is 4.79 Å². The minimum Gasteiger partial charge on any atom is -0.381 e. The van der Waals surface area contributed by atoms with Crippen molar-refractivity contribution >= 4 is 22.6 Å². The summed E-state index contributed by atoms with van der Waals surface area (Å²) in [6.07, 6.45) is 5.42. The number of nitrogens with zero attached hydrogens (tertiary/aromatic N) is 1. The van der Waals surface area contributed by atoms with E-state index in [1.807, 2.05) is 12.3 Å². The molecule has 1 aliphatic heterocycles. The number of pyridine rings is 1. The number of rotatable bonds is 3. The number of hydrogen-bond acceptors (Lipinski definition) is 4. The molecule has 0 aliphatic carbocycles. The van der Waals surface area contributed by atoms with Gasteiger partial charge in [0.2, 0.25) is 0 Å². The second-order valence-electron chi connectivity index (χ2n) is 4.82. The standard InChI is InChI=1S/C13H17N5O/c14-12(19)10-7-17-13-9(3-6-16-13)11(10)18-8-1-4-15-5-2-8/h3,6-8,15H,1-2,4-5H2,(H2,14,19)(H2,16,17,18). The first-order valence-electron chi connectivity index (χ1n) is 6.49. The van der Waals surface area contributed by atoms with Crippen LogP contribution >= 0.6 is 0 Å². The number of fused-ring (bicyclic) bond motifs is 1. The molecular formula is C13H17N5O. The number of carbonyl (C=O) groups is 1. The number of aromatic nitrogens is 2. The summed E-state index contributed by atoms with van der Waals surface area (Å²) in [4.78, 5) is 18.8. The predicted molar refractivity (Wildman–Crippen MR) is 74.1 cm³/mol. The number of H-pyrrole nitrogens is 1. The van der Waals surface area contributed by atoms with E-state index in [4.69, 9.17) is 5.73 Å². The molecule has 0 spiro atoms. The van der Waals surface area contributed by atoms with E-state index < -0.39 is 5.91 Å². The van der Waals surface area contributed by atoms with Gasteiger partial charge >= 0.3 is 0 Å². The first-order chi connectivity index (χ1) is 9.25. The molecule has 0 aromatic carbocycles. The SMILES string of the molecule is NC(=O)c1cnc2[nH]ccc2c1NC1CCNCC1. The molecule has 1 amide bonds. The monoisotopic (exact) mass is 259 g/mol. The Morgan fingerprint density at radius 2 is 2.21 bits per heavy atom. The highest BCUT2D eigenvalue weighted by atomic mass is 16.1. The second-order valence-corrected chi connectivity index (χ2v) is 4.82. The molecule has 1 fully saturated rings. The molecule has 0 atom stereocenters. The highest BCUT2D eigenvalue weighted by molar-refractivity contribution is 6.05. The molecule has 0 radical (unpaired) electrons. The summed E-state index contributed by atoms with van der Waals surface area (Å²) in [6.45, 7) is 1.98. The number of carbonyl (C=O) groups excluding carboxylic acids is 1. The van der Waals surface area contributed by atoms with Crippen molar-refractivity contribution in [1.82, 2.24) is 15.3 Å². The summed E-state index contributed by atoms with van der Waals surface area (Å²) in [7, 11) is 0. The first kappa shape index (κ1) is 12.0. The van der Waals surface area contributed by atoms with Crippen LogP contribution in [0.3, 0.4) is 0 Å². The van der Waals surface area contributed by atoms with Crippen molar-refractivity contribution in [2.45, 2.75) is 18.9 Å². The summed E-state index contributed by atoms with van der Waals surface area (Å²) in [5.74, 6) is -0.452. The Morgan fingerprint density at radius 1 is 1.42 bits per heavy atom. The van der Waals surface area contributed by atoms with Crippen LogP contribution in [0.25, 0.3) is 11.0 Å². The lowest BCUT2D eigenvalue weighted by Crippen LogP contribution is -2.35.